The Labute approximate surface area is 384 Å². The number of rotatable bonds is 8. The predicted molar refractivity (Wildman–Crippen MR) is 267 cm³/mol. The second-order valence-electron chi connectivity index (χ2n) is 17.2. The van der Waals surface area contributed by atoms with Gasteiger partial charge >= 0.3 is 0 Å². The molecule has 0 aliphatic rings. The minimum absolute atomic E-state index is 0.0476. The zero-order valence-corrected chi connectivity index (χ0v) is 35.8. The number of benzene rings is 8. The van der Waals surface area contributed by atoms with E-state index in [0.717, 1.165) is 66.8 Å². The Morgan fingerprint density at radius 1 is 0.484 bits per heavy atom. The van der Waals surface area contributed by atoms with Crippen LogP contribution in [0.3, 0.4) is 0 Å². The van der Waals surface area contributed by atoms with Crippen LogP contribution in [0.1, 0.15) is 45.7 Å². The van der Waals surface area contributed by atoms with Crippen molar-refractivity contribution in [2.45, 2.75) is 39.9 Å². The number of phenols is 1. The number of aryl methyl sites for hydroxylation is 2. The summed E-state index contributed by atoms with van der Waals surface area (Å²) < 4.78 is 52.2. The van der Waals surface area contributed by atoms with Gasteiger partial charge in [0.2, 0.25) is 0 Å². The molecule has 8 aromatic carbocycles. The first-order valence-electron chi connectivity index (χ1n) is 24.4. The van der Waals surface area contributed by atoms with E-state index in [2.05, 4.69) is 86.0 Å². The van der Waals surface area contributed by atoms with Gasteiger partial charge in [-0.15, -0.1) is 0 Å². The summed E-state index contributed by atoms with van der Waals surface area (Å²) in [6.45, 7) is 1.85. The minimum Gasteiger partial charge on any atom is -0.507 e. The van der Waals surface area contributed by atoms with Gasteiger partial charge in [-0.05, 0) is 135 Å². The van der Waals surface area contributed by atoms with Gasteiger partial charge in [0, 0.05) is 31.1 Å². The van der Waals surface area contributed by atoms with Crippen LogP contribution in [0.2, 0.25) is 0 Å². The Kier molecular flexibility index (Phi) is 8.69. The fraction of sp³-hybridized carbons (Fsp3) is 0.100. The van der Waals surface area contributed by atoms with Crippen molar-refractivity contribution in [3.63, 3.8) is 0 Å². The number of nitrogens with zero attached hydrogens (tertiary/aromatic N) is 3. The molecule has 0 amide bonds. The van der Waals surface area contributed by atoms with Gasteiger partial charge in [0.25, 0.3) is 0 Å². The van der Waals surface area contributed by atoms with E-state index in [4.69, 9.17) is 18.2 Å². The third kappa shape index (κ3) is 7.69. The van der Waals surface area contributed by atoms with Crippen molar-refractivity contribution in [1.82, 2.24) is 14.5 Å². The summed E-state index contributed by atoms with van der Waals surface area (Å²) >= 11 is 0. The zero-order chi connectivity index (χ0) is 49.0. The molecule has 0 saturated carbocycles. The Morgan fingerprint density at radius 2 is 1.12 bits per heavy atom. The standard InChI is InChI=1S/C60H49N3O/c1-39-23-25-42(26-24-39)45-31-32-61-54(37-45)48-35-46(41-15-8-6-9-16-41)34-47(36-48)50-20-14-21-55-58(50)62-59(51-19-12-13-22-57(51)64)63(55)56-38-52(43-17-10-7-11-18-43)40(2)33-53(56)44-27-29-49(30-28-44)60(3,4)5/h6-38,64H,1-5H3/i1D3,2D3. The molecule has 4 nitrogen and oxygen atoms in total. The molecule has 1 N–H and O–H groups in total. The Hall–Kier alpha value is -7.82. The molecule has 0 bridgehead atoms. The fourth-order valence-corrected chi connectivity index (χ4v) is 8.59. The number of phenolic OH excluding ortho intramolecular Hbond substituents is 1. The molecule has 0 radical (unpaired) electrons. The molecular weight excluding hydrogens is 779 g/mol. The maximum Gasteiger partial charge on any atom is 0.149 e. The minimum atomic E-state index is -2.45. The van der Waals surface area contributed by atoms with Gasteiger partial charge in [-0.3, -0.25) is 9.55 Å². The molecule has 10 aromatic rings. The number of para-hydroxylation sites is 2. The zero-order valence-electron chi connectivity index (χ0n) is 41.8. The monoisotopic (exact) mass is 833 g/mol. The van der Waals surface area contributed by atoms with Crippen LogP contribution in [-0.4, -0.2) is 19.6 Å². The van der Waals surface area contributed by atoms with E-state index in [0.29, 0.717) is 33.7 Å². The topological polar surface area (TPSA) is 50.9 Å². The lowest BCUT2D eigenvalue weighted by Gasteiger charge is -2.21. The molecule has 310 valence electrons. The highest BCUT2D eigenvalue weighted by molar-refractivity contribution is 5.99. The first kappa shape index (κ1) is 33.8. The van der Waals surface area contributed by atoms with Crippen molar-refractivity contribution in [2.24, 2.45) is 0 Å². The molecule has 0 saturated heterocycles. The largest absolute Gasteiger partial charge is 0.507 e. The molecule has 10 rings (SSSR count). The number of pyridine rings is 1. The molecule has 0 unspecified atom stereocenters. The maximum absolute atomic E-state index is 11.6. The van der Waals surface area contributed by atoms with Crippen LogP contribution in [0.25, 0.3) is 95.0 Å². The van der Waals surface area contributed by atoms with Gasteiger partial charge in [-0.1, -0.05) is 160 Å². The second kappa shape index (κ2) is 16.5. The van der Waals surface area contributed by atoms with Crippen LogP contribution >= 0.6 is 0 Å². The van der Waals surface area contributed by atoms with Crippen molar-refractivity contribution in [2.75, 3.05) is 0 Å². The molecule has 0 aliphatic carbocycles. The number of aromatic hydroxyl groups is 1. The lowest BCUT2D eigenvalue weighted by Crippen LogP contribution is -2.10. The van der Waals surface area contributed by atoms with E-state index in [1.165, 1.54) is 0 Å². The van der Waals surface area contributed by atoms with Gasteiger partial charge in [-0.2, -0.15) is 0 Å². The van der Waals surface area contributed by atoms with Crippen LogP contribution in [-0.2, 0) is 5.41 Å². The Bertz CT molecular complexity index is 3540. The average molecular weight is 834 g/mol. The number of fused-ring (bicyclic) bond motifs is 1. The Balaban J connectivity index is 1.24. The van der Waals surface area contributed by atoms with E-state index >= 15 is 0 Å². The highest BCUT2D eigenvalue weighted by atomic mass is 16.3. The predicted octanol–water partition coefficient (Wildman–Crippen LogP) is 15.7. The summed E-state index contributed by atoms with van der Waals surface area (Å²) in [4.78, 5) is 10.3. The summed E-state index contributed by atoms with van der Waals surface area (Å²) in [5.74, 6) is 0.526. The van der Waals surface area contributed by atoms with Gasteiger partial charge in [0.1, 0.15) is 11.6 Å². The van der Waals surface area contributed by atoms with Gasteiger partial charge in [-0.25, -0.2) is 4.98 Å². The molecule has 2 heterocycles. The van der Waals surface area contributed by atoms with Crippen LogP contribution in [0, 0.1) is 13.7 Å². The lowest BCUT2D eigenvalue weighted by atomic mass is 9.85. The smallest absolute Gasteiger partial charge is 0.149 e. The normalized spacial score (nSPS) is 13.4. The van der Waals surface area contributed by atoms with Crippen molar-refractivity contribution < 1.29 is 13.3 Å². The number of hydrogen-bond acceptors (Lipinski definition) is 3. The number of imidazole rings is 1. The summed E-state index contributed by atoms with van der Waals surface area (Å²) in [5, 5.41) is 11.6. The highest BCUT2D eigenvalue weighted by Gasteiger charge is 2.24. The first-order valence-corrected chi connectivity index (χ1v) is 21.4. The van der Waals surface area contributed by atoms with E-state index in [9.17, 15) is 5.11 Å². The summed E-state index contributed by atoms with van der Waals surface area (Å²) in [5.41, 5.74) is 14.1. The van der Waals surface area contributed by atoms with Crippen molar-refractivity contribution in [1.29, 1.82) is 0 Å². The van der Waals surface area contributed by atoms with Gasteiger partial charge < -0.3 is 5.11 Å². The van der Waals surface area contributed by atoms with Crippen molar-refractivity contribution >= 4 is 11.0 Å². The van der Waals surface area contributed by atoms with Crippen LogP contribution in [0.4, 0.5) is 0 Å². The van der Waals surface area contributed by atoms with Gasteiger partial charge in [0.05, 0.1) is 28.0 Å². The third-order valence-corrected chi connectivity index (χ3v) is 12.0. The first-order chi connectivity index (χ1) is 33.5. The molecule has 64 heavy (non-hydrogen) atoms. The lowest BCUT2D eigenvalue weighted by molar-refractivity contribution is 0.477. The van der Waals surface area contributed by atoms with Crippen LogP contribution < -0.4 is 0 Å². The second-order valence-corrected chi connectivity index (χ2v) is 17.2. The molecule has 0 fully saturated rings. The Morgan fingerprint density at radius 3 is 1.84 bits per heavy atom. The van der Waals surface area contributed by atoms with Crippen molar-refractivity contribution in [3.8, 4) is 89.7 Å². The highest BCUT2D eigenvalue weighted by Crippen LogP contribution is 2.43. The third-order valence-electron chi connectivity index (χ3n) is 12.0. The van der Waals surface area contributed by atoms with E-state index in [1.807, 2.05) is 103 Å². The van der Waals surface area contributed by atoms with E-state index in [-0.39, 0.29) is 22.3 Å². The molecular formula is C60H49N3O. The molecule has 0 aliphatic heterocycles. The average Bonchev–Trinajstić information content (AvgIpc) is 3.75. The van der Waals surface area contributed by atoms with Crippen LogP contribution in [0.5, 0.6) is 5.75 Å². The van der Waals surface area contributed by atoms with E-state index < -0.39 is 13.7 Å². The van der Waals surface area contributed by atoms with Crippen molar-refractivity contribution in [3.05, 3.63) is 217 Å². The molecule has 0 spiro atoms. The van der Waals surface area contributed by atoms with Crippen LogP contribution in [0.15, 0.2) is 200 Å². The van der Waals surface area contributed by atoms with E-state index in [1.54, 1.807) is 36.5 Å². The summed E-state index contributed by atoms with van der Waals surface area (Å²) in [7, 11) is 0. The molecule has 0 atom stereocenters. The number of hydrogen-bond donors (Lipinski definition) is 1. The maximum atomic E-state index is 11.6. The fourth-order valence-electron chi connectivity index (χ4n) is 8.59. The number of aromatic nitrogens is 3. The molecule has 4 heteroatoms. The SMILES string of the molecule is [2H]C([2H])([2H])c1ccc(-c2ccnc(-c3cc(-c4ccccc4)cc(-c4cccc5c4nc(-c4ccccc4O)n5-c4cc(-c5ccccc5)c(C([2H])([2H])[2H])cc4-c4ccc(C(C)(C)C)cc4)c3)c2)cc1. The molecule has 2 aromatic heterocycles. The summed E-state index contributed by atoms with van der Waals surface area (Å²) in [6, 6.07) is 62.4. The summed E-state index contributed by atoms with van der Waals surface area (Å²) in [6.07, 6.45) is 1.77. The van der Waals surface area contributed by atoms with Gasteiger partial charge in [0.15, 0.2) is 0 Å². The quantitative estimate of drug-likeness (QED) is 0.166.